The molecule has 1 saturated heterocycles. The van der Waals surface area contributed by atoms with E-state index in [9.17, 15) is 4.79 Å². The van der Waals surface area contributed by atoms with Gasteiger partial charge in [0.05, 0.1) is 6.61 Å². The van der Waals surface area contributed by atoms with Gasteiger partial charge in [-0.05, 0) is 67.4 Å². The lowest BCUT2D eigenvalue weighted by molar-refractivity contribution is -0.116. The third-order valence-corrected chi connectivity index (χ3v) is 6.49. The van der Waals surface area contributed by atoms with Crippen LogP contribution in [0.2, 0.25) is 5.02 Å². The van der Waals surface area contributed by atoms with Crippen LogP contribution in [0.5, 0.6) is 5.75 Å². The standard InChI is InChI=1S/C24H29ClN2O2/c1-17-15-24(28)26-23-16-19(7-8-20(17)23)29-14-4-11-27-12-9-18(10-13-27)21-5-2-3-6-22(21)25/h2-3,5-8,16-18H,4,9-15H2,1H3,(H,26,28). The van der Waals surface area contributed by atoms with Crippen LogP contribution >= 0.6 is 11.6 Å². The molecule has 5 heteroatoms. The average Bonchev–Trinajstić information content (AvgIpc) is 2.72. The number of ether oxygens (including phenoxy) is 1. The van der Waals surface area contributed by atoms with Crippen molar-refractivity contribution >= 4 is 23.2 Å². The molecule has 1 N–H and O–H groups in total. The predicted molar refractivity (Wildman–Crippen MR) is 118 cm³/mol. The van der Waals surface area contributed by atoms with Crippen LogP contribution < -0.4 is 10.1 Å². The smallest absolute Gasteiger partial charge is 0.224 e. The van der Waals surface area contributed by atoms with Gasteiger partial charge in [0.25, 0.3) is 0 Å². The normalized spacial score (nSPS) is 20.2. The summed E-state index contributed by atoms with van der Waals surface area (Å²) in [4.78, 5) is 14.3. The summed E-state index contributed by atoms with van der Waals surface area (Å²) >= 11 is 6.36. The summed E-state index contributed by atoms with van der Waals surface area (Å²) in [5, 5.41) is 3.86. The van der Waals surface area contributed by atoms with Gasteiger partial charge in [-0.1, -0.05) is 42.8 Å². The Morgan fingerprint density at radius 2 is 1.93 bits per heavy atom. The third-order valence-electron chi connectivity index (χ3n) is 6.14. The molecule has 1 atom stereocenters. The maximum Gasteiger partial charge on any atom is 0.224 e. The highest BCUT2D eigenvalue weighted by Crippen LogP contribution is 2.35. The molecule has 154 valence electrons. The van der Waals surface area contributed by atoms with Gasteiger partial charge in [0.15, 0.2) is 0 Å². The van der Waals surface area contributed by atoms with Crippen molar-refractivity contribution in [2.24, 2.45) is 0 Å². The van der Waals surface area contributed by atoms with Crippen molar-refractivity contribution in [2.45, 2.75) is 44.4 Å². The van der Waals surface area contributed by atoms with E-state index in [0.29, 0.717) is 18.9 Å². The van der Waals surface area contributed by atoms with Gasteiger partial charge >= 0.3 is 0 Å². The number of hydrogen-bond acceptors (Lipinski definition) is 3. The van der Waals surface area contributed by atoms with Crippen molar-refractivity contribution in [2.75, 3.05) is 31.6 Å². The van der Waals surface area contributed by atoms with Crippen molar-refractivity contribution in [1.82, 2.24) is 4.90 Å². The van der Waals surface area contributed by atoms with Gasteiger partial charge in [0, 0.05) is 29.7 Å². The Morgan fingerprint density at radius 3 is 2.72 bits per heavy atom. The van der Waals surface area contributed by atoms with E-state index in [-0.39, 0.29) is 11.8 Å². The fraction of sp³-hybridized carbons (Fsp3) is 0.458. The van der Waals surface area contributed by atoms with Crippen LogP contribution in [0.25, 0.3) is 0 Å². The number of amides is 1. The zero-order valence-electron chi connectivity index (χ0n) is 17.0. The Balaban J connectivity index is 1.20. The molecule has 2 aromatic carbocycles. The molecular formula is C24H29ClN2O2. The minimum atomic E-state index is 0.0855. The quantitative estimate of drug-likeness (QED) is 0.643. The molecule has 29 heavy (non-hydrogen) atoms. The summed E-state index contributed by atoms with van der Waals surface area (Å²) in [6.07, 6.45) is 3.87. The minimum absolute atomic E-state index is 0.0855. The molecule has 1 unspecified atom stereocenters. The van der Waals surface area contributed by atoms with E-state index in [1.165, 1.54) is 11.1 Å². The number of carbonyl (C=O) groups excluding carboxylic acids is 1. The van der Waals surface area contributed by atoms with E-state index < -0.39 is 0 Å². The average molecular weight is 413 g/mol. The maximum absolute atomic E-state index is 11.8. The number of rotatable bonds is 6. The number of carbonyl (C=O) groups is 1. The van der Waals surface area contributed by atoms with Gasteiger partial charge in [-0.3, -0.25) is 4.79 Å². The second-order valence-corrected chi connectivity index (χ2v) is 8.65. The summed E-state index contributed by atoms with van der Waals surface area (Å²) in [6.45, 7) is 6.05. The molecule has 1 amide bonds. The molecule has 0 aromatic heterocycles. The summed E-state index contributed by atoms with van der Waals surface area (Å²) in [5.41, 5.74) is 3.39. The molecule has 4 nitrogen and oxygen atoms in total. The molecule has 2 heterocycles. The number of anilines is 1. The summed E-state index contributed by atoms with van der Waals surface area (Å²) in [6, 6.07) is 14.3. The Morgan fingerprint density at radius 1 is 1.14 bits per heavy atom. The predicted octanol–water partition coefficient (Wildman–Crippen LogP) is 5.43. The highest BCUT2D eigenvalue weighted by Gasteiger charge is 2.23. The lowest BCUT2D eigenvalue weighted by Gasteiger charge is -2.32. The van der Waals surface area contributed by atoms with Crippen molar-refractivity contribution in [3.8, 4) is 5.75 Å². The van der Waals surface area contributed by atoms with Crippen molar-refractivity contribution in [3.05, 3.63) is 58.6 Å². The van der Waals surface area contributed by atoms with Crippen molar-refractivity contribution in [1.29, 1.82) is 0 Å². The van der Waals surface area contributed by atoms with Crippen LogP contribution in [0.3, 0.4) is 0 Å². The van der Waals surface area contributed by atoms with E-state index in [0.717, 1.165) is 55.4 Å². The minimum Gasteiger partial charge on any atom is -0.493 e. The zero-order valence-corrected chi connectivity index (χ0v) is 17.8. The first-order valence-electron chi connectivity index (χ1n) is 10.6. The number of fused-ring (bicyclic) bond motifs is 1. The van der Waals surface area contributed by atoms with E-state index in [1.807, 2.05) is 24.3 Å². The Labute approximate surface area is 178 Å². The maximum atomic E-state index is 11.8. The van der Waals surface area contributed by atoms with Crippen LogP contribution in [0.4, 0.5) is 5.69 Å². The molecule has 2 aliphatic rings. The Hall–Kier alpha value is -2.04. The lowest BCUT2D eigenvalue weighted by atomic mass is 9.89. The molecule has 0 aliphatic carbocycles. The Bertz CT molecular complexity index is 862. The van der Waals surface area contributed by atoms with E-state index in [1.54, 1.807) is 0 Å². The highest BCUT2D eigenvalue weighted by molar-refractivity contribution is 6.31. The lowest BCUT2D eigenvalue weighted by Crippen LogP contribution is -2.34. The summed E-state index contributed by atoms with van der Waals surface area (Å²) in [7, 11) is 0. The number of halogens is 1. The van der Waals surface area contributed by atoms with Gasteiger partial charge in [-0.25, -0.2) is 0 Å². The van der Waals surface area contributed by atoms with Gasteiger partial charge in [0.2, 0.25) is 5.91 Å². The molecule has 0 saturated carbocycles. The number of benzene rings is 2. The number of likely N-dealkylation sites (tertiary alicyclic amines) is 1. The topological polar surface area (TPSA) is 41.6 Å². The molecule has 2 aliphatic heterocycles. The SMILES string of the molecule is CC1CC(=O)Nc2cc(OCCCN3CCC(c4ccccc4Cl)CC3)ccc21. The Kier molecular flexibility index (Phi) is 6.41. The van der Waals surface area contributed by atoms with E-state index in [4.69, 9.17) is 16.3 Å². The molecular weight excluding hydrogens is 384 g/mol. The fourth-order valence-corrected chi connectivity index (χ4v) is 4.79. The fourth-order valence-electron chi connectivity index (χ4n) is 4.50. The monoisotopic (exact) mass is 412 g/mol. The van der Waals surface area contributed by atoms with Crippen LogP contribution in [-0.4, -0.2) is 37.0 Å². The van der Waals surface area contributed by atoms with Crippen LogP contribution in [-0.2, 0) is 4.79 Å². The third kappa shape index (κ3) is 4.93. The van der Waals surface area contributed by atoms with Gasteiger partial charge < -0.3 is 15.0 Å². The van der Waals surface area contributed by atoms with Gasteiger partial charge in [0.1, 0.15) is 5.75 Å². The molecule has 1 fully saturated rings. The first-order valence-corrected chi connectivity index (χ1v) is 11.0. The van der Waals surface area contributed by atoms with Gasteiger partial charge in [-0.2, -0.15) is 0 Å². The molecule has 0 radical (unpaired) electrons. The highest BCUT2D eigenvalue weighted by atomic mass is 35.5. The molecule has 0 spiro atoms. The van der Waals surface area contributed by atoms with E-state index in [2.05, 4.69) is 35.3 Å². The second kappa shape index (κ2) is 9.19. The van der Waals surface area contributed by atoms with Crippen LogP contribution in [0.1, 0.15) is 55.6 Å². The number of nitrogens with zero attached hydrogens (tertiary/aromatic N) is 1. The number of nitrogens with one attached hydrogen (secondary N) is 1. The van der Waals surface area contributed by atoms with Crippen molar-refractivity contribution < 1.29 is 9.53 Å². The van der Waals surface area contributed by atoms with Gasteiger partial charge in [-0.15, -0.1) is 0 Å². The van der Waals surface area contributed by atoms with Crippen LogP contribution in [0.15, 0.2) is 42.5 Å². The first-order chi connectivity index (χ1) is 14.1. The van der Waals surface area contributed by atoms with E-state index >= 15 is 0 Å². The zero-order chi connectivity index (χ0) is 20.2. The molecule has 4 rings (SSSR count). The summed E-state index contributed by atoms with van der Waals surface area (Å²) in [5.74, 6) is 1.75. The second-order valence-electron chi connectivity index (χ2n) is 8.24. The number of hydrogen-bond donors (Lipinski definition) is 1. The summed E-state index contributed by atoms with van der Waals surface area (Å²) < 4.78 is 5.94. The molecule has 0 bridgehead atoms. The van der Waals surface area contributed by atoms with Crippen LogP contribution in [0, 0.1) is 0 Å². The molecule has 2 aromatic rings. The first kappa shape index (κ1) is 20.2. The number of piperidine rings is 1. The van der Waals surface area contributed by atoms with Crippen molar-refractivity contribution in [3.63, 3.8) is 0 Å². The largest absolute Gasteiger partial charge is 0.493 e.